The van der Waals surface area contributed by atoms with Gasteiger partial charge in [0.25, 0.3) is 0 Å². The smallest absolute Gasteiger partial charge is 0.342 e. The fourth-order valence-electron chi connectivity index (χ4n) is 3.54. The first-order chi connectivity index (χ1) is 13.5. The van der Waals surface area contributed by atoms with Crippen LogP contribution in [0.5, 0.6) is 0 Å². The molecule has 0 bridgehead atoms. The quantitative estimate of drug-likeness (QED) is 0.548. The van der Waals surface area contributed by atoms with Gasteiger partial charge in [-0.15, -0.1) is 0 Å². The van der Waals surface area contributed by atoms with Crippen LogP contribution < -0.4 is 4.90 Å². The van der Waals surface area contributed by atoms with Gasteiger partial charge in [-0.2, -0.15) is 5.26 Å². The molecule has 0 unspecified atom stereocenters. The molecule has 1 saturated carbocycles. The van der Waals surface area contributed by atoms with Crippen LogP contribution in [0.3, 0.4) is 0 Å². The molecule has 1 fully saturated rings. The van der Waals surface area contributed by atoms with Crippen LogP contribution >= 0.6 is 15.9 Å². The van der Waals surface area contributed by atoms with E-state index in [9.17, 15) is 14.4 Å². The minimum atomic E-state index is -0.479. The monoisotopic (exact) mass is 441 g/mol. The van der Waals surface area contributed by atoms with Gasteiger partial charge in [0.1, 0.15) is 17.2 Å². The molecule has 28 heavy (non-hydrogen) atoms. The zero-order chi connectivity index (χ0) is 19.8. The molecule has 0 atom stereocenters. The molecule has 5 nitrogen and oxygen atoms in total. The first-order valence-electron chi connectivity index (χ1n) is 8.92. The van der Waals surface area contributed by atoms with E-state index in [0.717, 1.165) is 19.3 Å². The van der Waals surface area contributed by atoms with Crippen molar-refractivity contribution in [2.75, 3.05) is 12.0 Å². The van der Waals surface area contributed by atoms with Gasteiger partial charge in [0.15, 0.2) is 0 Å². The highest BCUT2D eigenvalue weighted by Gasteiger charge is 2.32. The maximum atomic E-state index is 14.3. The first-order valence-corrected chi connectivity index (χ1v) is 9.71. The first kappa shape index (κ1) is 18.5. The number of aromatic nitrogens is 1. The lowest BCUT2D eigenvalue weighted by Crippen LogP contribution is -2.37. The van der Waals surface area contributed by atoms with Gasteiger partial charge in [-0.3, -0.25) is 0 Å². The largest absolute Gasteiger partial charge is 0.465 e. The van der Waals surface area contributed by atoms with Crippen molar-refractivity contribution < 1.29 is 13.9 Å². The summed E-state index contributed by atoms with van der Waals surface area (Å²) in [6, 6.07) is 12.3. The molecule has 2 aromatic carbocycles. The van der Waals surface area contributed by atoms with Gasteiger partial charge in [0, 0.05) is 22.6 Å². The fourth-order valence-corrected chi connectivity index (χ4v) is 3.79. The maximum absolute atomic E-state index is 14.3. The number of carbonyl (C=O) groups excluding carboxylic acids is 1. The summed E-state index contributed by atoms with van der Waals surface area (Å²) >= 11 is 3.19. The van der Waals surface area contributed by atoms with E-state index in [1.165, 1.54) is 13.2 Å². The van der Waals surface area contributed by atoms with Crippen molar-refractivity contribution in [3.05, 3.63) is 57.8 Å². The zero-order valence-electron chi connectivity index (χ0n) is 15.1. The Kier molecular flexibility index (Phi) is 4.82. The Morgan fingerprint density at radius 2 is 2.11 bits per heavy atom. The lowest BCUT2D eigenvalue weighted by molar-refractivity contribution is 0.0603. The number of halogens is 2. The van der Waals surface area contributed by atoms with Crippen molar-refractivity contribution >= 4 is 44.3 Å². The van der Waals surface area contributed by atoms with Gasteiger partial charge in [0.05, 0.1) is 23.2 Å². The molecule has 1 aliphatic carbocycles. The van der Waals surface area contributed by atoms with Crippen LogP contribution in [0, 0.1) is 17.1 Å². The van der Waals surface area contributed by atoms with E-state index in [-0.39, 0.29) is 11.9 Å². The van der Waals surface area contributed by atoms with Gasteiger partial charge in [-0.1, -0.05) is 6.07 Å². The Bertz CT molecular complexity index is 1110. The lowest BCUT2D eigenvalue weighted by atomic mass is 9.90. The van der Waals surface area contributed by atoms with E-state index >= 15 is 0 Å². The predicted molar refractivity (Wildman–Crippen MR) is 108 cm³/mol. The highest BCUT2D eigenvalue weighted by molar-refractivity contribution is 9.10. The van der Waals surface area contributed by atoms with Gasteiger partial charge in [-0.25, -0.2) is 9.18 Å². The highest BCUT2D eigenvalue weighted by atomic mass is 79.9. The van der Waals surface area contributed by atoms with Gasteiger partial charge in [-0.05, 0) is 65.5 Å². The van der Waals surface area contributed by atoms with Crippen LogP contribution in [-0.4, -0.2) is 24.1 Å². The topological polar surface area (TPSA) is 69.1 Å². The molecule has 4 rings (SSSR count). The summed E-state index contributed by atoms with van der Waals surface area (Å²) in [4.78, 5) is 17.9. The number of carbonyl (C=O) groups is 1. The van der Waals surface area contributed by atoms with Gasteiger partial charge < -0.3 is 14.6 Å². The molecule has 1 aromatic heterocycles. The number of anilines is 2. The van der Waals surface area contributed by atoms with E-state index in [2.05, 4.69) is 27.0 Å². The third kappa shape index (κ3) is 3.04. The lowest BCUT2D eigenvalue weighted by Gasteiger charge is -2.38. The third-order valence-electron chi connectivity index (χ3n) is 5.16. The number of benzene rings is 2. The van der Waals surface area contributed by atoms with Gasteiger partial charge >= 0.3 is 5.97 Å². The number of aromatic amines is 1. The van der Waals surface area contributed by atoms with Crippen LogP contribution in [0.25, 0.3) is 10.9 Å². The minimum Gasteiger partial charge on any atom is -0.465 e. The summed E-state index contributed by atoms with van der Waals surface area (Å²) in [5.41, 5.74) is 2.19. The number of hydrogen-bond donors (Lipinski definition) is 1. The molecule has 0 radical (unpaired) electrons. The molecule has 0 spiro atoms. The Hall–Kier alpha value is -2.85. The van der Waals surface area contributed by atoms with E-state index < -0.39 is 5.97 Å². The Morgan fingerprint density at radius 1 is 1.32 bits per heavy atom. The molecule has 1 N–H and O–H groups in total. The maximum Gasteiger partial charge on any atom is 0.342 e. The van der Waals surface area contributed by atoms with Crippen molar-refractivity contribution in [2.45, 2.75) is 25.3 Å². The second-order valence-corrected chi connectivity index (χ2v) is 7.62. The molecule has 142 valence electrons. The SMILES string of the molecule is COC(=O)c1c(N(c2ccc(Br)c(F)c2)C2CCC2)[nH]c2cc(C#N)ccc12. The van der Waals surface area contributed by atoms with E-state index in [1.54, 1.807) is 24.3 Å². The summed E-state index contributed by atoms with van der Waals surface area (Å²) in [6.07, 6.45) is 2.96. The number of ether oxygens (including phenoxy) is 1. The van der Waals surface area contributed by atoms with Crippen LogP contribution in [0.1, 0.15) is 35.2 Å². The van der Waals surface area contributed by atoms with Crippen LogP contribution in [-0.2, 0) is 4.74 Å². The molecule has 1 heterocycles. The van der Waals surface area contributed by atoms with Crippen LogP contribution in [0.2, 0.25) is 0 Å². The highest BCUT2D eigenvalue weighted by Crippen LogP contribution is 2.41. The normalized spacial score (nSPS) is 13.8. The number of methoxy groups -OCH3 is 1. The van der Waals surface area contributed by atoms with Crippen molar-refractivity contribution in [3.63, 3.8) is 0 Å². The summed E-state index contributed by atoms with van der Waals surface area (Å²) in [6.45, 7) is 0. The minimum absolute atomic E-state index is 0.146. The summed E-state index contributed by atoms with van der Waals surface area (Å²) in [5, 5.41) is 9.86. The number of rotatable bonds is 4. The summed E-state index contributed by atoms with van der Waals surface area (Å²) < 4.78 is 19.7. The molecule has 0 amide bonds. The number of hydrogen-bond acceptors (Lipinski definition) is 4. The molecular weight excluding hydrogens is 425 g/mol. The second kappa shape index (κ2) is 7.28. The van der Waals surface area contributed by atoms with Crippen molar-refractivity contribution in [2.24, 2.45) is 0 Å². The Balaban J connectivity index is 1.95. The van der Waals surface area contributed by atoms with E-state index in [0.29, 0.717) is 38.0 Å². The van der Waals surface area contributed by atoms with Crippen molar-refractivity contribution in [1.82, 2.24) is 4.98 Å². The number of H-pyrrole nitrogens is 1. The molecule has 0 aliphatic heterocycles. The summed E-state index contributed by atoms with van der Waals surface area (Å²) in [7, 11) is 1.33. The number of nitrogens with one attached hydrogen (secondary N) is 1. The standard InChI is InChI=1S/C21H17BrFN3O2/c1-28-21(27)19-15-7-5-12(11-24)9-18(15)25-20(19)26(13-3-2-4-13)14-6-8-16(22)17(23)10-14/h5-10,13,25H,2-4H2,1H3. The van der Waals surface area contributed by atoms with E-state index in [4.69, 9.17) is 4.74 Å². The number of nitriles is 1. The number of esters is 1. The molecule has 3 aromatic rings. The second-order valence-electron chi connectivity index (χ2n) is 6.77. The Morgan fingerprint density at radius 3 is 2.71 bits per heavy atom. The average molecular weight is 442 g/mol. The number of fused-ring (bicyclic) bond motifs is 1. The third-order valence-corrected chi connectivity index (χ3v) is 5.80. The Labute approximate surface area is 169 Å². The van der Waals surface area contributed by atoms with E-state index in [1.807, 2.05) is 11.0 Å². The number of nitrogens with zero attached hydrogens (tertiary/aromatic N) is 2. The van der Waals surface area contributed by atoms with Crippen molar-refractivity contribution in [1.29, 1.82) is 5.26 Å². The summed E-state index contributed by atoms with van der Waals surface area (Å²) in [5.74, 6) is -0.291. The zero-order valence-corrected chi connectivity index (χ0v) is 16.7. The van der Waals surface area contributed by atoms with Gasteiger partial charge in [0.2, 0.25) is 0 Å². The fraction of sp³-hybridized carbons (Fsp3) is 0.238. The molecular formula is C21H17BrFN3O2. The van der Waals surface area contributed by atoms with Crippen LogP contribution in [0.15, 0.2) is 40.9 Å². The molecule has 1 aliphatic rings. The average Bonchev–Trinajstić information content (AvgIpc) is 3.04. The molecule has 0 saturated heterocycles. The van der Waals surface area contributed by atoms with Crippen LogP contribution in [0.4, 0.5) is 15.9 Å². The predicted octanol–water partition coefficient (Wildman–Crippen LogP) is 5.42. The van der Waals surface area contributed by atoms with Crippen molar-refractivity contribution in [3.8, 4) is 6.07 Å². The molecule has 7 heteroatoms.